The highest BCUT2D eigenvalue weighted by molar-refractivity contribution is 7.85. The van der Waals surface area contributed by atoms with Crippen molar-refractivity contribution in [2.45, 2.75) is 90.4 Å². The van der Waals surface area contributed by atoms with Crippen molar-refractivity contribution in [1.29, 1.82) is 0 Å². The summed E-state index contributed by atoms with van der Waals surface area (Å²) in [4.78, 5) is 0. The number of nitrogens with one attached hydrogen (secondary N) is 1. The number of hydrogen-bond donors (Lipinski definition) is 2. The molecule has 0 aliphatic carbocycles. The van der Waals surface area contributed by atoms with Gasteiger partial charge in [0.05, 0.1) is 5.75 Å². The highest BCUT2D eigenvalue weighted by Gasteiger charge is 2.02. The zero-order chi connectivity index (χ0) is 16.5. The largest absolute Gasteiger partial charge is 0.317 e. The zero-order valence-corrected chi connectivity index (χ0v) is 15.3. The number of unbranched alkanes of at least 4 members (excludes halogenated alkanes) is 11. The third kappa shape index (κ3) is 19.9. The lowest BCUT2D eigenvalue weighted by Gasteiger charge is -2.04. The summed E-state index contributed by atoms with van der Waals surface area (Å²) in [6.45, 7) is 3.87. The first-order valence-corrected chi connectivity index (χ1v) is 10.8. The topological polar surface area (TPSA) is 66.4 Å². The first kappa shape index (κ1) is 21.9. The molecule has 0 aliphatic rings. The number of rotatable bonds is 17. The van der Waals surface area contributed by atoms with Crippen molar-refractivity contribution in [1.82, 2.24) is 5.32 Å². The molecule has 0 amide bonds. The zero-order valence-electron chi connectivity index (χ0n) is 14.5. The maximum Gasteiger partial charge on any atom is 0.264 e. The molecule has 0 bridgehead atoms. The molecule has 0 heterocycles. The summed E-state index contributed by atoms with van der Waals surface area (Å²) in [5.74, 6) is -0.140. The predicted molar refractivity (Wildman–Crippen MR) is 95.0 cm³/mol. The molecule has 0 aromatic carbocycles. The van der Waals surface area contributed by atoms with E-state index in [9.17, 15) is 8.42 Å². The molecule has 5 heteroatoms. The third-order valence-electron chi connectivity index (χ3n) is 3.96. The summed E-state index contributed by atoms with van der Waals surface area (Å²) in [5.41, 5.74) is 0. The van der Waals surface area contributed by atoms with Gasteiger partial charge in [0.1, 0.15) is 0 Å². The fourth-order valence-corrected chi connectivity index (χ4v) is 3.10. The van der Waals surface area contributed by atoms with Gasteiger partial charge in [0.15, 0.2) is 0 Å². The predicted octanol–water partition coefficient (Wildman–Crippen LogP) is 4.56. The summed E-state index contributed by atoms with van der Waals surface area (Å²) >= 11 is 0. The van der Waals surface area contributed by atoms with E-state index in [1.165, 1.54) is 70.6 Å². The standard InChI is InChI=1S/C17H37NO3S/c1-2-3-4-5-6-7-8-9-10-11-12-13-15-18-16-14-17-22(19,20)21/h18H,2-17H2,1H3,(H,19,20,21). The molecular formula is C17H37NO3S. The van der Waals surface area contributed by atoms with E-state index < -0.39 is 10.1 Å². The van der Waals surface area contributed by atoms with Crippen LogP contribution in [0, 0.1) is 0 Å². The maximum absolute atomic E-state index is 10.5. The molecule has 2 N–H and O–H groups in total. The Morgan fingerprint density at radius 2 is 1.09 bits per heavy atom. The van der Waals surface area contributed by atoms with Crippen molar-refractivity contribution in [2.75, 3.05) is 18.8 Å². The van der Waals surface area contributed by atoms with Crippen molar-refractivity contribution in [3.63, 3.8) is 0 Å². The first-order valence-electron chi connectivity index (χ1n) is 9.22. The van der Waals surface area contributed by atoms with Crippen molar-refractivity contribution < 1.29 is 13.0 Å². The van der Waals surface area contributed by atoms with Gasteiger partial charge in [-0.1, -0.05) is 77.6 Å². The molecule has 0 aromatic heterocycles. The third-order valence-corrected chi connectivity index (χ3v) is 4.77. The van der Waals surface area contributed by atoms with Crippen molar-refractivity contribution >= 4 is 10.1 Å². The average molecular weight is 336 g/mol. The van der Waals surface area contributed by atoms with Gasteiger partial charge in [-0.05, 0) is 25.9 Å². The van der Waals surface area contributed by atoms with Crippen LogP contribution in [0.15, 0.2) is 0 Å². The molecule has 0 fully saturated rings. The minimum atomic E-state index is -3.78. The summed E-state index contributed by atoms with van der Waals surface area (Å²) < 4.78 is 29.6. The van der Waals surface area contributed by atoms with Crippen LogP contribution in [0.5, 0.6) is 0 Å². The number of hydrogen-bond acceptors (Lipinski definition) is 3. The molecule has 0 saturated carbocycles. The second-order valence-corrected chi connectivity index (χ2v) is 7.85. The van der Waals surface area contributed by atoms with Crippen LogP contribution in [0.2, 0.25) is 0 Å². The van der Waals surface area contributed by atoms with Gasteiger partial charge in [-0.2, -0.15) is 8.42 Å². The lowest BCUT2D eigenvalue weighted by Crippen LogP contribution is -2.19. The molecule has 0 aliphatic heterocycles. The van der Waals surface area contributed by atoms with Crippen LogP contribution in [-0.2, 0) is 10.1 Å². The van der Waals surface area contributed by atoms with E-state index in [1.807, 2.05) is 0 Å². The first-order chi connectivity index (χ1) is 10.6. The molecule has 4 nitrogen and oxygen atoms in total. The molecule has 0 saturated heterocycles. The van der Waals surface area contributed by atoms with Crippen LogP contribution < -0.4 is 5.32 Å². The van der Waals surface area contributed by atoms with Crippen molar-refractivity contribution in [3.8, 4) is 0 Å². The minimum absolute atomic E-state index is 0.140. The van der Waals surface area contributed by atoms with E-state index in [-0.39, 0.29) is 5.75 Å². The van der Waals surface area contributed by atoms with E-state index in [0.29, 0.717) is 13.0 Å². The lowest BCUT2D eigenvalue weighted by atomic mass is 10.1. The molecule has 0 aromatic rings. The summed E-state index contributed by atoms with van der Waals surface area (Å²) in [6.07, 6.45) is 16.7. The Bertz CT molecular complexity index is 318. The molecular weight excluding hydrogens is 298 g/mol. The Labute approximate surface area is 138 Å². The summed E-state index contributed by atoms with van der Waals surface area (Å²) in [5, 5.41) is 3.22. The van der Waals surface area contributed by atoms with Gasteiger partial charge < -0.3 is 5.32 Å². The lowest BCUT2D eigenvalue weighted by molar-refractivity contribution is 0.479. The van der Waals surface area contributed by atoms with Crippen molar-refractivity contribution in [2.24, 2.45) is 0 Å². The Morgan fingerprint density at radius 1 is 0.682 bits per heavy atom. The van der Waals surface area contributed by atoms with E-state index in [1.54, 1.807) is 0 Å². The average Bonchev–Trinajstić information content (AvgIpc) is 2.45. The Balaban J connectivity index is 3.03. The SMILES string of the molecule is CCCCCCCCCCCCCCNCCCS(=O)(=O)O. The van der Waals surface area contributed by atoms with Gasteiger partial charge in [-0.3, -0.25) is 4.55 Å². The van der Waals surface area contributed by atoms with Gasteiger partial charge in [0.25, 0.3) is 10.1 Å². The Morgan fingerprint density at radius 3 is 1.55 bits per heavy atom. The van der Waals surface area contributed by atoms with Gasteiger partial charge >= 0.3 is 0 Å². The second-order valence-electron chi connectivity index (χ2n) is 6.28. The summed E-state index contributed by atoms with van der Waals surface area (Å²) in [6, 6.07) is 0. The molecule has 22 heavy (non-hydrogen) atoms. The monoisotopic (exact) mass is 335 g/mol. The second kappa shape index (κ2) is 15.8. The van der Waals surface area contributed by atoms with Crippen LogP contribution in [0.1, 0.15) is 90.4 Å². The van der Waals surface area contributed by atoms with Crippen LogP contribution in [-0.4, -0.2) is 31.8 Å². The fraction of sp³-hybridized carbons (Fsp3) is 1.00. The highest BCUT2D eigenvalue weighted by Crippen LogP contribution is 2.11. The van der Waals surface area contributed by atoms with Crippen LogP contribution >= 0.6 is 0 Å². The Hall–Kier alpha value is -0.130. The van der Waals surface area contributed by atoms with E-state index in [4.69, 9.17) is 4.55 Å². The van der Waals surface area contributed by atoms with Crippen LogP contribution in [0.4, 0.5) is 0 Å². The van der Waals surface area contributed by atoms with E-state index in [0.717, 1.165) is 13.0 Å². The van der Waals surface area contributed by atoms with Gasteiger partial charge in [0, 0.05) is 0 Å². The van der Waals surface area contributed by atoms with Crippen LogP contribution in [0.25, 0.3) is 0 Å². The van der Waals surface area contributed by atoms with Gasteiger partial charge in [-0.15, -0.1) is 0 Å². The van der Waals surface area contributed by atoms with Crippen molar-refractivity contribution in [3.05, 3.63) is 0 Å². The normalized spacial score (nSPS) is 11.9. The molecule has 134 valence electrons. The molecule has 0 spiro atoms. The van der Waals surface area contributed by atoms with E-state index >= 15 is 0 Å². The van der Waals surface area contributed by atoms with E-state index in [2.05, 4.69) is 12.2 Å². The van der Waals surface area contributed by atoms with Gasteiger partial charge in [0.2, 0.25) is 0 Å². The maximum atomic E-state index is 10.5. The fourth-order valence-electron chi connectivity index (χ4n) is 2.60. The molecule has 0 atom stereocenters. The van der Waals surface area contributed by atoms with Gasteiger partial charge in [-0.25, -0.2) is 0 Å². The molecule has 0 rings (SSSR count). The van der Waals surface area contributed by atoms with Crippen LogP contribution in [0.3, 0.4) is 0 Å². The molecule has 0 radical (unpaired) electrons. The summed E-state index contributed by atoms with van der Waals surface area (Å²) in [7, 11) is -3.78. The quantitative estimate of drug-likeness (QED) is 0.302. The smallest absolute Gasteiger partial charge is 0.264 e. The Kier molecular flexibility index (Phi) is 15.7. The molecule has 0 unspecified atom stereocenters. The highest BCUT2D eigenvalue weighted by atomic mass is 32.2. The minimum Gasteiger partial charge on any atom is -0.317 e.